The van der Waals surface area contributed by atoms with Crippen LogP contribution in [0, 0.1) is 17.0 Å². The van der Waals surface area contributed by atoms with Crippen LogP contribution < -0.4 is 5.32 Å². The SMILES string of the molecule is Cc1ccccc1C(C)NC(=O)c1ccc(S(C)(=O)=O)c([N+](=O)[O-])c1. The smallest absolute Gasteiger partial charge is 0.288 e. The van der Waals surface area contributed by atoms with E-state index in [4.69, 9.17) is 0 Å². The van der Waals surface area contributed by atoms with Crippen molar-refractivity contribution in [2.75, 3.05) is 6.26 Å². The molecule has 0 saturated heterocycles. The number of hydrogen-bond donors (Lipinski definition) is 1. The molecule has 132 valence electrons. The number of rotatable bonds is 5. The molecule has 25 heavy (non-hydrogen) atoms. The number of nitro benzene ring substituents is 1. The second kappa shape index (κ2) is 7.02. The second-order valence-corrected chi connectivity index (χ2v) is 7.75. The molecule has 1 unspecified atom stereocenters. The fourth-order valence-corrected chi connectivity index (χ4v) is 3.37. The highest BCUT2D eigenvalue weighted by Crippen LogP contribution is 2.25. The third kappa shape index (κ3) is 4.21. The Kier molecular flexibility index (Phi) is 5.22. The molecule has 1 N–H and O–H groups in total. The summed E-state index contributed by atoms with van der Waals surface area (Å²) in [5.74, 6) is -0.515. The van der Waals surface area contributed by atoms with E-state index in [1.165, 1.54) is 6.07 Å². The van der Waals surface area contributed by atoms with Crippen LogP contribution in [-0.2, 0) is 9.84 Å². The van der Waals surface area contributed by atoms with Crippen LogP contribution in [-0.4, -0.2) is 25.5 Å². The van der Waals surface area contributed by atoms with E-state index < -0.39 is 31.3 Å². The van der Waals surface area contributed by atoms with Crippen molar-refractivity contribution < 1.29 is 18.1 Å². The number of amides is 1. The Morgan fingerprint density at radius 2 is 1.84 bits per heavy atom. The van der Waals surface area contributed by atoms with Gasteiger partial charge in [0.2, 0.25) is 0 Å². The van der Waals surface area contributed by atoms with Crippen molar-refractivity contribution in [1.29, 1.82) is 0 Å². The molecule has 0 fully saturated rings. The van der Waals surface area contributed by atoms with E-state index in [1.54, 1.807) is 6.92 Å². The molecule has 2 aromatic rings. The summed E-state index contributed by atoms with van der Waals surface area (Å²) >= 11 is 0. The average Bonchev–Trinajstić information content (AvgIpc) is 2.53. The fraction of sp³-hybridized carbons (Fsp3) is 0.235. The van der Waals surface area contributed by atoms with Crippen molar-refractivity contribution in [3.05, 3.63) is 69.3 Å². The molecule has 1 atom stereocenters. The molecule has 0 aliphatic heterocycles. The number of sulfone groups is 1. The van der Waals surface area contributed by atoms with Crippen LogP contribution in [0.4, 0.5) is 5.69 Å². The summed E-state index contributed by atoms with van der Waals surface area (Å²) < 4.78 is 23.3. The zero-order chi connectivity index (χ0) is 18.8. The van der Waals surface area contributed by atoms with E-state index in [1.807, 2.05) is 31.2 Å². The number of benzene rings is 2. The number of nitro groups is 1. The highest BCUT2D eigenvalue weighted by Gasteiger charge is 2.24. The minimum absolute atomic E-state index is 0.0273. The van der Waals surface area contributed by atoms with Gasteiger partial charge in [0.05, 0.1) is 11.0 Å². The van der Waals surface area contributed by atoms with Crippen molar-refractivity contribution in [3.8, 4) is 0 Å². The van der Waals surface area contributed by atoms with Gasteiger partial charge in [0.1, 0.15) is 4.90 Å². The van der Waals surface area contributed by atoms with E-state index >= 15 is 0 Å². The first-order valence-electron chi connectivity index (χ1n) is 7.46. The Bertz CT molecular complexity index is 938. The summed E-state index contributed by atoms with van der Waals surface area (Å²) in [6, 6.07) is 10.6. The van der Waals surface area contributed by atoms with Gasteiger partial charge >= 0.3 is 0 Å². The summed E-state index contributed by atoms with van der Waals surface area (Å²) in [5, 5.41) is 13.9. The third-order valence-electron chi connectivity index (χ3n) is 3.82. The van der Waals surface area contributed by atoms with Gasteiger partial charge in [-0.25, -0.2) is 8.42 Å². The van der Waals surface area contributed by atoms with Crippen LogP contribution in [0.3, 0.4) is 0 Å². The van der Waals surface area contributed by atoms with E-state index in [9.17, 15) is 23.3 Å². The molecule has 8 heteroatoms. The van der Waals surface area contributed by atoms with Crippen molar-refractivity contribution in [2.45, 2.75) is 24.8 Å². The molecule has 0 aliphatic carbocycles. The Morgan fingerprint density at radius 3 is 2.40 bits per heavy atom. The molecular formula is C17H18N2O5S. The highest BCUT2D eigenvalue weighted by atomic mass is 32.2. The molecule has 0 aromatic heterocycles. The molecule has 2 aromatic carbocycles. The van der Waals surface area contributed by atoms with Gasteiger partial charge in [-0.15, -0.1) is 0 Å². The second-order valence-electron chi connectivity index (χ2n) is 5.76. The van der Waals surface area contributed by atoms with Gasteiger partial charge in [-0.1, -0.05) is 24.3 Å². The monoisotopic (exact) mass is 362 g/mol. The normalized spacial score (nSPS) is 12.4. The Hall–Kier alpha value is -2.74. The van der Waals surface area contributed by atoms with Gasteiger partial charge in [-0.3, -0.25) is 14.9 Å². The average molecular weight is 362 g/mol. The Morgan fingerprint density at radius 1 is 1.20 bits per heavy atom. The molecule has 0 heterocycles. The summed E-state index contributed by atoms with van der Waals surface area (Å²) in [5.41, 5.74) is 1.35. The first-order chi connectivity index (χ1) is 11.6. The molecule has 0 spiro atoms. The number of aryl methyl sites for hydroxylation is 1. The third-order valence-corrected chi connectivity index (χ3v) is 4.96. The molecule has 0 bridgehead atoms. The predicted molar refractivity (Wildman–Crippen MR) is 93.3 cm³/mol. The lowest BCUT2D eigenvalue weighted by atomic mass is 10.0. The standard InChI is InChI=1S/C17H18N2O5S/c1-11-6-4-5-7-14(11)12(2)18-17(20)13-8-9-16(25(3,23)24)15(10-13)19(21)22/h4-10,12H,1-3H3,(H,18,20). The summed E-state index contributed by atoms with van der Waals surface area (Å²) in [6.45, 7) is 3.73. The molecule has 0 aliphatic rings. The number of nitrogens with one attached hydrogen (secondary N) is 1. The highest BCUT2D eigenvalue weighted by molar-refractivity contribution is 7.90. The van der Waals surface area contributed by atoms with Gasteiger partial charge in [-0.05, 0) is 37.1 Å². The quantitative estimate of drug-likeness (QED) is 0.650. The molecule has 0 saturated carbocycles. The first-order valence-corrected chi connectivity index (χ1v) is 9.35. The topological polar surface area (TPSA) is 106 Å². The molecule has 7 nitrogen and oxygen atoms in total. The van der Waals surface area contributed by atoms with Gasteiger partial charge < -0.3 is 5.32 Å². The van der Waals surface area contributed by atoms with Gasteiger partial charge in [-0.2, -0.15) is 0 Å². The first kappa shape index (κ1) is 18.6. The van der Waals surface area contributed by atoms with Crippen LogP contribution in [0.1, 0.15) is 34.5 Å². The summed E-state index contributed by atoms with van der Waals surface area (Å²) in [4.78, 5) is 22.3. The van der Waals surface area contributed by atoms with Gasteiger partial charge in [0, 0.05) is 17.9 Å². The van der Waals surface area contributed by atoms with Crippen molar-refractivity contribution in [1.82, 2.24) is 5.32 Å². The minimum Gasteiger partial charge on any atom is -0.346 e. The van der Waals surface area contributed by atoms with Gasteiger partial charge in [0.25, 0.3) is 11.6 Å². The van der Waals surface area contributed by atoms with Crippen molar-refractivity contribution >= 4 is 21.4 Å². The minimum atomic E-state index is -3.77. The Balaban J connectivity index is 2.33. The molecular weight excluding hydrogens is 344 g/mol. The summed E-state index contributed by atoms with van der Waals surface area (Å²) in [6.07, 6.45) is 0.884. The maximum Gasteiger partial charge on any atom is 0.288 e. The largest absolute Gasteiger partial charge is 0.346 e. The summed E-state index contributed by atoms with van der Waals surface area (Å²) in [7, 11) is -3.77. The predicted octanol–water partition coefficient (Wildman–Crippen LogP) is 2.80. The van der Waals surface area contributed by atoms with Crippen molar-refractivity contribution in [3.63, 3.8) is 0 Å². The molecule has 0 radical (unpaired) electrons. The van der Waals surface area contributed by atoms with Gasteiger partial charge in [0.15, 0.2) is 9.84 Å². The zero-order valence-electron chi connectivity index (χ0n) is 14.0. The fourth-order valence-electron chi connectivity index (χ4n) is 2.55. The molecule has 2 rings (SSSR count). The molecule has 1 amide bonds. The lowest BCUT2D eigenvalue weighted by Crippen LogP contribution is -2.27. The lowest BCUT2D eigenvalue weighted by Gasteiger charge is -2.16. The van der Waals surface area contributed by atoms with E-state index in [-0.39, 0.29) is 11.6 Å². The Labute approximate surface area is 145 Å². The number of carbonyl (C=O) groups is 1. The zero-order valence-corrected chi connectivity index (χ0v) is 14.8. The van der Waals surface area contributed by atoms with Crippen LogP contribution in [0.2, 0.25) is 0 Å². The van der Waals surface area contributed by atoms with Crippen LogP contribution in [0.25, 0.3) is 0 Å². The number of nitrogens with zero attached hydrogens (tertiary/aromatic N) is 1. The lowest BCUT2D eigenvalue weighted by molar-refractivity contribution is -0.387. The van der Waals surface area contributed by atoms with Crippen LogP contribution in [0.15, 0.2) is 47.4 Å². The maximum atomic E-state index is 12.4. The number of hydrogen-bond acceptors (Lipinski definition) is 5. The number of carbonyl (C=O) groups excluding carboxylic acids is 1. The van der Waals surface area contributed by atoms with E-state index in [2.05, 4.69) is 5.32 Å². The van der Waals surface area contributed by atoms with Crippen LogP contribution >= 0.6 is 0 Å². The van der Waals surface area contributed by atoms with E-state index in [0.29, 0.717) is 0 Å². The maximum absolute atomic E-state index is 12.4. The van der Waals surface area contributed by atoms with Crippen LogP contribution in [0.5, 0.6) is 0 Å². The van der Waals surface area contributed by atoms with E-state index in [0.717, 1.165) is 29.5 Å². The van der Waals surface area contributed by atoms with Crippen molar-refractivity contribution in [2.24, 2.45) is 0 Å².